The molecule has 0 bridgehead atoms. The number of allylic oxidation sites excluding steroid dienone is 12. The number of ether oxygens (including phenoxy) is 2. The fraction of sp³-hybridized carbons (Fsp3) is 0.768. The number of hydrogen-bond acceptors (Lipinski definition) is 7. The Morgan fingerprint density at radius 1 is 0.477 bits per heavy atom. The number of phosphoric acid groups is 1. The summed E-state index contributed by atoms with van der Waals surface area (Å²) in [4.78, 5) is 22.6. The zero-order valence-electron chi connectivity index (χ0n) is 42.2. The predicted molar refractivity (Wildman–Crippen MR) is 279 cm³/mol. The highest BCUT2D eigenvalue weighted by atomic mass is 31.2. The molecule has 0 saturated heterocycles. The second-order valence-corrected chi connectivity index (χ2v) is 19.2. The first-order chi connectivity index (χ1) is 31.9. The van der Waals surface area contributed by atoms with Gasteiger partial charge in [-0.05, 0) is 64.2 Å². The van der Waals surface area contributed by atoms with Crippen molar-refractivity contribution in [2.45, 2.75) is 245 Å². The van der Waals surface area contributed by atoms with Crippen LogP contribution in [0.2, 0.25) is 0 Å². The lowest BCUT2D eigenvalue weighted by atomic mass is 10.0. The third-order valence-corrected chi connectivity index (χ3v) is 12.4. The van der Waals surface area contributed by atoms with Crippen LogP contribution in [0.15, 0.2) is 72.9 Å². The van der Waals surface area contributed by atoms with E-state index in [-0.39, 0.29) is 32.3 Å². The maximum absolute atomic E-state index is 12.7. The molecule has 0 fully saturated rings. The van der Waals surface area contributed by atoms with Crippen LogP contribution < -0.4 is 5.73 Å². The molecule has 65 heavy (non-hydrogen) atoms. The largest absolute Gasteiger partial charge is 0.472 e. The van der Waals surface area contributed by atoms with Crippen molar-refractivity contribution >= 4 is 13.8 Å². The third-order valence-electron chi connectivity index (χ3n) is 11.4. The normalized spacial score (nSPS) is 13.8. The monoisotopic (exact) mass is 932 g/mol. The van der Waals surface area contributed by atoms with Gasteiger partial charge in [-0.1, -0.05) is 241 Å². The molecule has 2 unspecified atom stereocenters. The molecule has 378 valence electrons. The van der Waals surface area contributed by atoms with Crippen LogP contribution in [-0.4, -0.2) is 49.9 Å². The van der Waals surface area contributed by atoms with E-state index in [1.54, 1.807) is 0 Å². The van der Waals surface area contributed by atoms with Gasteiger partial charge in [0.15, 0.2) is 0 Å². The quantitative estimate of drug-likeness (QED) is 0.0268. The molecular weight excluding hydrogens is 830 g/mol. The van der Waals surface area contributed by atoms with Crippen molar-refractivity contribution in [3.05, 3.63) is 72.9 Å². The number of hydrogen-bond donors (Lipinski definition) is 2. The Morgan fingerprint density at radius 3 is 1.29 bits per heavy atom. The fourth-order valence-corrected chi connectivity index (χ4v) is 8.24. The first-order valence-electron chi connectivity index (χ1n) is 26.9. The molecule has 2 atom stereocenters. The lowest BCUT2D eigenvalue weighted by molar-refractivity contribution is -0.154. The van der Waals surface area contributed by atoms with Crippen LogP contribution in [0.4, 0.5) is 0 Å². The Hall–Kier alpha value is -2.06. The molecule has 0 aliphatic rings. The van der Waals surface area contributed by atoms with Crippen molar-refractivity contribution in [2.24, 2.45) is 5.73 Å². The van der Waals surface area contributed by atoms with Crippen molar-refractivity contribution in [3.8, 4) is 0 Å². The average molecular weight is 932 g/mol. The Kier molecular flexibility index (Phi) is 51.2. The van der Waals surface area contributed by atoms with Crippen molar-refractivity contribution in [2.75, 3.05) is 33.0 Å². The molecule has 3 N–H and O–H groups in total. The summed E-state index contributed by atoms with van der Waals surface area (Å²) < 4.78 is 33.6. The van der Waals surface area contributed by atoms with Crippen molar-refractivity contribution in [1.29, 1.82) is 0 Å². The van der Waals surface area contributed by atoms with Gasteiger partial charge < -0.3 is 20.1 Å². The van der Waals surface area contributed by atoms with Gasteiger partial charge in [0.1, 0.15) is 6.10 Å². The van der Waals surface area contributed by atoms with E-state index in [9.17, 15) is 14.3 Å². The van der Waals surface area contributed by atoms with Crippen LogP contribution in [0.1, 0.15) is 239 Å². The number of phosphoric ester groups is 1. The van der Waals surface area contributed by atoms with Crippen LogP contribution in [0.5, 0.6) is 0 Å². The zero-order valence-corrected chi connectivity index (χ0v) is 43.1. The topological polar surface area (TPSA) is 117 Å². The smallest absolute Gasteiger partial charge is 0.457 e. The minimum atomic E-state index is -4.29. The number of rotatable bonds is 51. The third kappa shape index (κ3) is 52.8. The Morgan fingerprint density at radius 2 is 0.862 bits per heavy atom. The lowest BCUT2D eigenvalue weighted by Crippen LogP contribution is -2.28. The fourth-order valence-electron chi connectivity index (χ4n) is 7.47. The van der Waals surface area contributed by atoms with E-state index in [1.165, 1.54) is 135 Å². The van der Waals surface area contributed by atoms with Crippen LogP contribution in [-0.2, 0) is 27.9 Å². The van der Waals surface area contributed by atoms with Crippen LogP contribution >= 0.6 is 7.82 Å². The highest BCUT2D eigenvalue weighted by Crippen LogP contribution is 2.43. The van der Waals surface area contributed by atoms with Crippen LogP contribution in [0, 0.1) is 0 Å². The Labute approximate surface area is 401 Å². The van der Waals surface area contributed by atoms with Gasteiger partial charge in [0, 0.05) is 19.6 Å². The first-order valence-corrected chi connectivity index (χ1v) is 28.4. The summed E-state index contributed by atoms with van der Waals surface area (Å²) in [5, 5.41) is 0. The molecule has 0 radical (unpaired) electrons. The van der Waals surface area contributed by atoms with Gasteiger partial charge in [-0.3, -0.25) is 13.8 Å². The second kappa shape index (κ2) is 52.9. The molecule has 8 nitrogen and oxygen atoms in total. The number of esters is 1. The molecule has 0 aliphatic carbocycles. The van der Waals surface area contributed by atoms with Gasteiger partial charge in [-0.25, -0.2) is 4.57 Å². The maximum Gasteiger partial charge on any atom is 0.472 e. The summed E-state index contributed by atoms with van der Waals surface area (Å²) in [6.07, 6.45) is 68.0. The number of unbranched alkanes of at least 4 members (excludes halogenated alkanes) is 26. The predicted octanol–water partition coefficient (Wildman–Crippen LogP) is 17.0. The van der Waals surface area contributed by atoms with E-state index in [1.807, 2.05) is 0 Å². The van der Waals surface area contributed by atoms with Crippen molar-refractivity contribution in [3.63, 3.8) is 0 Å². The van der Waals surface area contributed by atoms with Crippen LogP contribution in [0.25, 0.3) is 0 Å². The minimum Gasteiger partial charge on any atom is -0.457 e. The molecular formula is C56H102NO7P. The average Bonchev–Trinajstić information content (AvgIpc) is 3.30. The van der Waals surface area contributed by atoms with E-state index in [4.69, 9.17) is 24.3 Å². The van der Waals surface area contributed by atoms with Gasteiger partial charge in [0.05, 0.1) is 19.8 Å². The van der Waals surface area contributed by atoms with E-state index in [2.05, 4.69) is 86.8 Å². The molecule has 0 spiro atoms. The standard InChI is InChI=1S/C56H102NO7P/c1-3-5-7-9-11-13-15-17-19-21-23-25-26-27-28-29-30-32-34-36-38-40-42-44-46-48-51-61-53-55(54-63-65(59,60)62-52-50-57)64-56(58)49-47-45-43-41-39-37-35-33-31-24-22-20-18-16-14-12-10-8-6-4-2/h5,7,11,13,17,19,23,25,27-28,30,32,55H,3-4,6,8-10,12,14-16,18,20-22,24,26,29,31,33-54,57H2,1-2H3,(H,59,60)/b7-5-,13-11-,19-17-,25-23-,28-27-,32-30-. The summed E-state index contributed by atoms with van der Waals surface area (Å²) in [7, 11) is -4.29. The number of nitrogens with two attached hydrogens (primary N) is 1. The molecule has 0 amide bonds. The molecule has 0 rings (SSSR count). The molecule has 0 aromatic carbocycles. The molecule has 0 saturated carbocycles. The highest BCUT2D eigenvalue weighted by molar-refractivity contribution is 7.47. The highest BCUT2D eigenvalue weighted by Gasteiger charge is 2.25. The summed E-state index contributed by atoms with van der Waals surface area (Å²) in [6.45, 7) is 4.81. The van der Waals surface area contributed by atoms with E-state index >= 15 is 0 Å². The summed E-state index contributed by atoms with van der Waals surface area (Å²) in [5.74, 6) is -0.332. The van der Waals surface area contributed by atoms with E-state index in [0.29, 0.717) is 13.0 Å². The van der Waals surface area contributed by atoms with Gasteiger partial charge in [0.25, 0.3) is 0 Å². The number of carbonyl (C=O) groups excluding carboxylic acids is 1. The Balaban J connectivity index is 3.96. The first kappa shape index (κ1) is 62.9. The van der Waals surface area contributed by atoms with E-state index < -0.39 is 13.9 Å². The second-order valence-electron chi connectivity index (χ2n) is 17.7. The van der Waals surface area contributed by atoms with Crippen molar-refractivity contribution < 1.29 is 32.8 Å². The van der Waals surface area contributed by atoms with Gasteiger partial charge in [-0.2, -0.15) is 0 Å². The van der Waals surface area contributed by atoms with Crippen molar-refractivity contribution in [1.82, 2.24) is 0 Å². The van der Waals surface area contributed by atoms with E-state index in [0.717, 1.165) is 83.5 Å². The maximum atomic E-state index is 12.7. The van der Waals surface area contributed by atoms with Crippen LogP contribution in [0.3, 0.4) is 0 Å². The molecule has 0 aliphatic heterocycles. The Bertz CT molecular complexity index is 1230. The van der Waals surface area contributed by atoms with Gasteiger partial charge in [-0.15, -0.1) is 0 Å². The molecule has 9 heteroatoms. The molecule has 0 aromatic heterocycles. The summed E-state index contributed by atoms with van der Waals surface area (Å²) in [6, 6.07) is 0. The minimum absolute atomic E-state index is 0.0965. The molecule has 0 heterocycles. The zero-order chi connectivity index (χ0) is 47.3. The lowest BCUT2D eigenvalue weighted by Gasteiger charge is -2.20. The van der Waals surface area contributed by atoms with Gasteiger partial charge >= 0.3 is 13.8 Å². The molecule has 0 aromatic rings. The summed E-state index contributed by atoms with van der Waals surface area (Å²) in [5.41, 5.74) is 5.39. The SMILES string of the molecule is CC/C=C\C/C=C\C/C=C\C/C=C\C/C=C\C/C=C\CCCCCCCCCOCC(COP(=O)(O)OCCN)OC(=O)CCCCCCCCCCCCCCCCCCCCCC. The number of carbonyl (C=O) groups is 1. The van der Waals surface area contributed by atoms with Gasteiger partial charge in [0.2, 0.25) is 0 Å². The summed E-state index contributed by atoms with van der Waals surface area (Å²) >= 11 is 0.